The Morgan fingerprint density at radius 2 is 1.93 bits per heavy atom. The molecule has 0 radical (unpaired) electrons. The van der Waals surface area contributed by atoms with E-state index in [0.717, 1.165) is 56.3 Å². The first-order valence-electron chi connectivity index (χ1n) is 9.58. The molecule has 6 heteroatoms. The smallest absolute Gasteiger partial charge is 0.274 e. The minimum atomic E-state index is -0.192. The quantitative estimate of drug-likeness (QED) is 0.848. The lowest BCUT2D eigenvalue weighted by molar-refractivity contribution is 0.102. The summed E-state index contributed by atoms with van der Waals surface area (Å²) >= 11 is 0. The van der Waals surface area contributed by atoms with Crippen molar-refractivity contribution in [2.45, 2.75) is 20.8 Å². The van der Waals surface area contributed by atoms with E-state index >= 15 is 0 Å². The highest BCUT2D eigenvalue weighted by molar-refractivity contribution is 6.03. The van der Waals surface area contributed by atoms with Gasteiger partial charge in [0.15, 0.2) is 0 Å². The number of aromatic nitrogens is 1. The first-order chi connectivity index (χ1) is 13.1. The molecule has 1 aliphatic heterocycles. The number of hydrogen-bond acceptors (Lipinski definition) is 5. The molecule has 1 aromatic heterocycles. The first kappa shape index (κ1) is 19.2. The second kappa shape index (κ2) is 8.86. The Morgan fingerprint density at radius 3 is 2.52 bits per heavy atom. The van der Waals surface area contributed by atoms with Gasteiger partial charge in [-0.3, -0.25) is 4.79 Å². The summed E-state index contributed by atoms with van der Waals surface area (Å²) in [6.07, 6.45) is 1.76. The van der Waals surface area contributed by atoms with Gasteiger partial charge in [-0.2, -0.15) is 0 Å². The third-order valence-electron chi connectivity index (χ3n) is 4.94. The molecule has 0 bridgehead atoms. The van der Waals surface area contributed by atoms with Gasteiger partial charge in [-0.15, -0.1) is 0 Å². The van der Waals surface area contributed by atoms with Gasteiger partial charge < -0.3 is 19.9 Å². The molecule has 1 amide bonds. The normalized spacial score (nSPS) is 14.1. The Morgan fingerprint density at radius 1 is 1.19 bits per heavy atom. The number of aryl methyl sites for hydroxylation is 1. The van der Waals surface area contributed by atoms with Crippen LogP contribution in [0.1, 0.15) is 29.9 Å². The largest absolute Gasteiger partial charge is 0.378 e. The molecular weight excluding hydrogens is 340 g/mol. The number of nitrogens with zero attached hydrogens (tertiary/aromatic N) is 3. The predicted molar refractivity (Wildman–Crippen MR) is 110 cm³/mol. The molecule has 1 aromatic carbocycles. The lowest BCUT2D eigenvalue weighted by Crippen LogP contribution is -2.36. The third kappa shape index (κ3) is 4.57. The second-order valence-electron chi connectivity index (χ2n) is 6.63. The van der Waals surface area contributed by atoms with Crippen LogP contribution in [0.15, 0.2) is 36.5 Å². The van der Waals surface area contributed by atoms with Gasteiger partial charge in [0.2, 0.25) is 0 Å². The van der Waals surface area contributed by atoms with Crippen LogP contribution in [0.5, 0.6) is 0 Å². The fourth-order valence-electron chi connectivity index (χ4n) is 3.29. The zero-order chi connectivity index (χ0) is 19.2. The van der Waals surface area contributed by atoms with Gasteiger partial charge in [0.05, 0.1) is 25.1 Å². The number of rotatable bonds is 6. The molecule has 1 saturated heterocycles. The molecule has 0 unspecified atom stereocenters. The van der Waals surface area contributed by atoms with Gasteiger partial charge in [0, 0.05) is 37.6 Å². The van der Waals surface area contributed by atoms with Gasteiger partial charge in [0.1, 0.15) is 5.69 Å². The van der Waals surface area contributed by atoms with Crippen molar-refractivity contribution in [3.05, 3.63) is 47.8 Å². The highest BCUT2D eigenvalue weighted by atomic mass is 16.5. The molecule has 1 N–H and O–H groups in total. The van der Waals surface area contributed by atoms with Gasteiger partial charge in [0.25, 0.3) is 5.91 Å². The van der Waals surface area contributed by atoms with Crippen LogP contribution in [-0.4, -0.2) is 50.3 Å². The number of nitrogens with one attached hydrogen (secondary N) is 1. The highest BCUT2D eigenvalue weighted by Gasteiger charge is 2.14. The van der Waals surface area contributed by atoms with Crippen molar-refractivity contribution in [3.8, 4) is 0 Å². The molecule has 1 aliphatic rings. The van der Waals surface area contributed by atoms with E-state index < -0.39 is 0 Å². The number of amides is 1. The number of ether oxygens (including phenoxy) is 1. The van der Waals surface area contributed by atoms with Crippen LogP contribution in [0.4, 0.5) is 17.1 Å². The van der Waals surface area contributed by atoms with Gasteiger partial charge in [-0.25, -0.2) is 4.98 Å². The molecule has 2 heterocycles. The topological polar surface area (TPSA) is 57.7 Å². The van der Waals surface area contributed by atoms with Crippen molar-refractivity contribution in [1.29, 1.82) is 0 Å². The van der Waals surface area contributed by atoms with Crippen LogP contribution in [0, 0.1) is 6.92 Å². The van der Waals surface area contributed by atoms with Crippen LogP contribution in [0.25, 0.3) is 0 Å². The van der Waals surface area contributed by atoms with Crippen molar-refractivity contribution in [3.63, 3.8) is 0 Å². The van der Waals surface area contributed by atoms with Crippen LogP contribution >= 0.6 is 0 Å². The summed E-state index contributed by atoms with van der Waals surface area (Å²) < 4.78 is 5.37. The lowest BCUT2D eigenvalue weighted by Gasteiger charge is -2.28. The average Bonchev–Trinajstić information content (AvgIpc) is 2.71. The van der Waals surface area contributed by atoms with E-state index in [1.165, 1.54) is 5.69 Å². The lowest BCUT2D eigenvalue weighted by atomic mass is 10.1. The maximum atomic E-state index is 12.6. The van der Waals surface area contributed by atoms with Crippen LogP contribution in [-0.2, 0) is 4.74 Å². The standard InChI is InChI=1S/C21H28N4O2/c1-4-24(5-2)17-6-8-19(16(3)14-17)23-21(26)20-9-7-18(15-22-20)25-10-12-27-13-11-25/h6-9,14-15H,4-5,10-13H2,1-3H3,(H,23,26). The molecule has 1 fully saturated rings. The number of carbonyl (C=O) groups excluding carboxylic acids is 1. The third-order valence-corrected chi connectivity index (χ3v) is 4.94. The van der Waals surface area contributed by atoms with E-state index in [1.54, 1.807) is 12.3 Å². The van der Waals surface area contributed by atoms with Crippen molar-refractivity contribution >= 4 is 23.0 Å². The molecule has 3 rings (SSSR count). The summed E-state index contributed by atoms with van der Waals surface area (Å²) in [6, 6.07) is 9.84. The van der Waals surface area contributed by atoms with E-state index in [1.807, 2.05) is 25.1 Å². The SMILES string of the molecule is CCN(CC)c1ccc(NC(=O)c2ccc(N3CCOCC3)cn2)c(C)c1. The maximum Gasteiger partial charge on any atom is 0.274 e. The number of pyridine rings is 1. The van der Waals surface area contributed by atoms with Crippen LogP contribution in [0.3, 0.4) is 0 Å². The molecule has 0 saturated carbocycles. The van der Waals surface area contributed by atoms with Gasteiger partial charge in [-0.05, 0) is 56.7 Å². The Balaban J connectivity index is 1.68. The van der Waals surface area contributed by atoms with Crippen molar-refractivity contribution < 1.29 is 9.53 Å². The van der Waals surface area contributed by atoms with E-state index in [2.05, 4.69) is 40.0 Å². The summed E-state index contributed by atoms with van der Waals surface area (Å²) in [5.41, 5.74) is 4.46. The molecule has 144 valence electrons. The van der Waals surface area contributed by atoms with Crippen LogP contribution in [0.2, 0.25) is 0 Å². The number of morpholine rings is 1. The minimum Gasteiger partial charge on any atom is -0.378 e. The molecule has 0 atom stereocenters. The van der Waals surface area contributed by atoms with E-state index in [4.69, 9.17) is 4.74 Å². The Hall–Kier alpha value is -2.60. The molecule has 2 aromatic rings. The molecule has 0 aliphatic carbocycles. The summed E-state index contributed by atoms with van der Waals surface area (Å²) in [5, 5.41) is 2.97. The Labute approximate surface area is 161 Å². The number of carbonyl (C=O) groups is 1. The predicted octanol–water partition coefficient (Wildman–Crippen LogP) is 3.33. The van der Waals surface area contributed by atoms with Gasteiger partial charge >= 0.3 is 0 Å². The van der Waals surface area contributed by atoms with Crippen molar-refractivity contribution in [2.24, 2.45) is 0 Å². The van der Waals surface area contributed by atoms with Crippen molar-refractivity contribution in [1.82, 2.24) is 4.98 Å². The molecule has 0 spiro atoms. The number of hydrogen-bond donors (Lipinski definition) is 1. The fraction of sp³-hybridized carbons (Fsp3) is 0.429. The summed E-state index contributed by atoms with van der Waals surface area (Å²) in [5.74, 6) is -0.192. The fourth-order valence-corrected chi connectivity index (χ4v) is 3.29. The minimum absolute atomic E-state index is 0.192. The first-order valence-corrected chi connectivity index (χ1v) is 9.58. The summed E-state index contributed by atoms with van der Waals surface area (Å²) in [6.45, 7) is 11.4. The zero-order valence-electron chi connectivity index (χ0n) is 16.4. The number of anilines is 3. The summed E-state index contributed by atoms with van der Waals surface area (Å²) in [7, 11) is 0. The Kier molecular flexibility index (Phi) is 6.29. The van der Waals surface area contributed by atoms with Crippen molar-refractivity contribution in [2.75, 3.05) is 54.5 Å². The van der Waals surface area contributed by atoms with E-state index in [0.29, 0.717) is 5.69 Å². The average molecular weight is 368 g/mol. The number of benzene rings is 1. The molecule has 6 nitrogen and oxygen atoms in total. The molecule has 27 heavy (non-hydrogen) atoms. The summed E-state index contributed by atoms with van der Waals surface area (Å²) in [4.78, 5) is 21.4. The monoisotopic (exact) mass is 368 g/mol. The Bertz CT molecular complexity index is 766. The van der Waals surface area contributed by atoms with Gasteiger partial charge in [-0.1, -0.05) is 0 Å². The molecular formula is C21H28N4O2. The van der Waals surface area contributed by atoms with E-state index in [9.17, 15) is 4.79 Å². The highest BCUT2D eigenvalue weighted by Crippen LogP contribution is 2.23. The van der Waals surface area contributed by atoms with E-state index in [-0.39, 0.29) is 5.91 Å². The van der Waals surface area contributed by atoms with Crippen LogP contribution < -0.4 is 15.1 Å². The second-order valence-corrected chi connectivity index (χ2v) is 6.63. The maximum absolute atomic E-state index is 12.6. The zero-order valence-corrected chi connectivity index (χ0v) is 16.4.